The number of aryl methyl sites for hydroxylation is 1. The molecule has 1 heterocycles. The first kappa shape index (κ1) is 24.7. The lowest BCUT2D eigenvalue weighted by atomic mass is 10.1. The Morgan fingerprint density at radius 3 is 1.00 bits per heavy atom. The van der Waals surface area contributed by atoms with Crippen molar-refractivity contribution in [2.24, 2.45) is 0 Å². The van der Waals surface area contributed by atoms with Crippen LogP contribution in [0.15, 0.2) is 158 Å². The Bertz CT molecular complexity index is 1690. The van der Waals surface area contributed by atoms with Gasteiger partial charge in [0.25, 0.3) is 0 Å². The van der Waals surface area contributed by atoms with Crippen LogP contribution in [0.4, 0.5) is 34.1 Å². The van der Waals surface area contributed by atoms with Crippen LogP contribution in [0.2, 0.25) is 0 Å². The molecule has 198 valence electrons. The lowest BCUT2D eigenvalue weighted by molar-refractivity contribution is 0.827. The minimum absolute atomic E-state index is 0.904. The van der Waals surface area contributed by atoms with Crippen molar-refractivity contribution in [2.45, 2.75) is 13.5 Å². The molecular weight excluding hydrogens is 498 g/mol. The summed E-state index contributed by atoms with van der Waals surface area (Å²) in [5.74, 6) is 0. The SMILES string of the molecule is CCn1c2ccc(N(c3ccccc3)c3ccccc3)cc2c2cc(N(c3ccccc3)c3ccccc3)ccc21. The summed E-state index contributed by atoms with van der Waals surface area (Å²) in [5.41, 5.74) is 9.31. The summed E-state index contributed by atoms with van der Waals surface area (Å²) < 4.78 is 2.42. The van der Waals surface area contributed by atoms with Gasteiger partial charge in [-0.05, 0) is 91.9 Å². The molecule has 0 spiro atoms. The summed E-state index contributed by atoms with van der Waals surface area (Å²) in [5, 5.41) is 2.50. The van der Waals surface area contributed by atoms with Crippen LogP contribution >= 0.6 is 0 Å². The van der Waals surface area contributed by atoms with Crippen molar-refractivity contribution in [3.8, 4) is 0 Å². The van der Waals surface area contributed by atoms with E-state index in [2.05, 4.69) is 179 Å². The Labute approximate surface area is 241 Å². The van der Waals surface area contributed by atoms with E-state index in [4.69, 9.17) is 0 Å². The monoisotopic (exact) mass is 529 g/mol. The van der Waals surface area contributed by atoms with E-state index in [0.29, 0.717) is 0 Å². The van der Waals surface area contributed by atoms with Crippen LogP contribution in [0.3, 0.4) is 0 Å². The number of nitrogens with zero attached hydrogens (tertiary/aromatic N) is 3. The third kappa shape index (κ3) is 4.52. The molecule has 0 aliphatic carbocycles. The van der Waals surface area contributed by atoms with Gasteiger partial charge in [-0.1, -0.05) is 72.8 Å². The third-order valence-corrected chi connectivity index (χ3v) is 7.72. The van der Waals surface area contributed by atoms with Gasteiger partial charge in [0.05, 0.1) is 0 Å². The first-order chi connectivity index (χ1) is 20.3. The Kier molecular flexibility index (Phi) is 6.46. The molecule has 41 heavy (non-hydrogen) atoms. The maximum Gasteiger partial charge on any atom is 0.0492 e. The Morgan fingerprint density at radius 2 is 0.707 bits per heavy atom. The molecule has 0 atom stereocenters. The first-order valence-electron chi connectivity index (χ1n) is 14.2. The number of anilines is 6. The minimum atomic E-state index is 0.904. The molecule has 0 saturated heterocycles. The van der Waals surface area contributed by atoms with Gasteiger partial charge < -0.3 is 14.4 Å². The fraction of sp³-hybridized carbons (Fsp3) is 0.0526. The van der Waals surface area contributed by atoms with E-state index in [0.717, 1.165) is 40.7 Å². The molecular formula is C38H31N3. The van der Waals surface area contributed by atoms with Crippen LogP contribution in [0.1, 0.15) is 6.92 Å². The molecule has 0 fully saturated rings. The van der Waals surface area contributed by atoms with Crippen molar-refractivity contribution in [3.05, 3.63) is 158 Å². The third-order valence-electron chi connectivity index (χ3n) is 7.72. The molecule has 0 bridgehead atoms. The van der Waals surface area contributed by atoms with Crippen LogP contribution in [-0.2, 0) is 6.54 Å². The van der Waals surface area contributed by atoms with Crippen LogP contribution in [0.5, 0.6) is 0 Å². The van der Waals surface area contributed by atoms with Gasteiger partial charge in [0.1, 0.15) is 0 Å². The van der Waals surface area contributed by atoms with E-state index in [1.165, 1.54) is 21.8 Å². The van der Waals surface area contributed by atoms with Crippen molar-refractivity contribution in [1.82, 2.24) is 4.57 Å². The van der Waals surface area contributed by atoms with Gasteiger partial charge in [-0.25, -0.2) is 0 Å². The molecule has 0 radical (unpaired) electrons. The predicted octanol–water partition coefficient (Wildman–Crippen LogP) is 10.8. The smallest absolute Gasteiger partial charge is 0.0492 e. The standard InChI is InChI=1S/C38H31N3/c1-2-39-37-25-23-33(40(29-15-7-3-8-16-29)30-17-9-4-10-18-30)27-35(37)36-28-34(24-26-38(36)39)41(31-19-11-5-12-20-31)32-21-13-6-14-22-32/h3-28H,2H2,1H3. The maximum atomic E-state index is 2.42. The fourth-order valence-corrected chi connectivity index (χ4v) is 5.90. The van der Waals surface area contributed by atoms with E-state index in [1.54, 1.807) is 0 Å². The van der Waals surface area contributed by atoms with Crippen molar-refractivity contribution < 1.29 is 0 Å². The van der Waals surface area contributed by atoms with E-state index < -0.39 is 0 Å². The van der Waals surface area contributed by atoms with E-state index >= 15 is 0 Å². The van der Waals surface area contributed by atoms with Crippen LogP contribution < -0.4 is 9.80 Å². The zero-order valence-electron chi connectivity index (χ0n) is 23.1. The summed E-state index contributed by atoms with van der Waals surface area (Å²) in [6, 6.07) is 56.1. The summed E-state index contributed by atoms with van der Waals surface area (Å²) in [6.07, 6.45) is 0. The lowest BCUT2D eigenvalue weighted by Crippen LogP contribution is -2.09. The van der Waals surface area contributed by atoms with Gasteiger partial charge in [-0.15, -0.1) is 0 Å². The molecule has 6 aromatic carbocycles. The highest BCUT2D eigenvalue weighted by atomic mass is 15.1. The van der Waals surface area contributed by atoms with Crippen molar-refractivity contribution >= 4 is 55.9 Å². The zero-order chi connectivity index (χ0) is 27.6. The molecule has 0 saturated carbocycles. The van der Waals surface area contributed by atoms with E-state index in [9.17, 15) is 0 Å². The predicted molar refractivity (Wildman–Crippen MR) is 174 cm³/mol. The first-order valence-corrected chi connectivity index (χ1v) is 14.2. The highest BCUT2D eigenvalue weighted by Gasteiger charge is 2.18. The van der Waals surface area contributed by atoms with Crippen molar-refractivity contribution in [1.29, 1.82) is 0 Å². The molecule has 0 aliphatic heterocycles. The summed E-state index contributed by atoms with van der Waals surface area (Å²) in [4.78, 5) is 4.66. The number of hydrogen-bond acceptors (Lipinski definition) is 2. The molecule has 1 aromatic heterocycles. The maximum absolute atomic E-state index is 2.42. The molecule has 3 nitrogen and oxygen atoms in total. The fourth-order valence-electron chi connectivity index (χ4n) is 5.90. The summed E-state index contributed by atoms with van der Waals surface area (Å²) >= 11 is 0. The number of para-hydroxylation sites is 4. The second-order valence-corrected chi connectivity index (χ2v) is 10.2. The highest BCUT2D eigenvalue weighted by molar-refractivity contribution is 6.11. The van der Waals surface area contributed by atoms with Gasteiger partial charge in [0.2, 0.25) is 0 Å². The zero-order valence-corrected chi connectivity index (χ0v) is 23.1. The molecule has 0 aliphatic rings. The average Bonchev–Trinajstić information content (AvgIpc) is 3.36. The second kappa shape index (κ2) is 10.7. The average molecular weight is 530 g/mol. The number of hydrogen-bond donors (Lipinski definition) is 0. The topological polar surface area (TPSA) is 11.4 Å². The van der Waals surface area contributed by atoms with Crippen LogP contribution in [-0.4, -0.2) is 4.57 Å². The van der Waals surface area contributed by atoms with Gasteiger partial charge >= 0.3 is 0 Å². The molecule has 7 aromatic rings. The van der Waals surface area contributed by atoms with Gasteiger partial charge in [-0.2, -0.15) is 0 Å². The number of aromatic nitrogens is 1. The van der Waals surface area contributed by atoms with Gasteiger partial charge in [-0.3, -0.25) is 0 Å². The summed E-state index contributed by atoms with van der Waals surface area (Å²) in [6.45, 7) is 3.13. The van der Waals surface area contributed by atoms with Gasteiger partial charge in [0, 0.05) is 62.5 Å². The molecule has 3 heteroatoms. The largest absolute Gasteiger partial charge is 0.341 e. The Hall–Kier alpha value is -5.28. The second-order valence-electron chi connectivity index (χ2n) is 10.2. The van der Waals surface area contributed by atoms with Crippen molar-refractivity contribution in [2.75, 3.05) is 9.80 Å². The quantitative estimate of drug-likeness (QED) is 0.203. The molecule has 0 amide bonds. The molecule has 7 rings (SSSR count). The van der Waals surface area contributed by atoms with Crippen molar-refractivity contribution in [3.63, 3.8) is 0 Å². The van der Waals surface area contributed by atoms with Crippen LogP contribution in [0.25, 0.3) is 21.8 Å². The Morgan fingerprint density at radius 1 is 0.390 bits per heavy atom. The highest BCUT2D eigenvalue weighted by Crippen LogP contribution is 2.41. The number of fused-ring (bicyclic) bond motifs is 3. The molecule has 0 N–H and O–H groups in total. The van der Waals surface area contributed by atoms with E-state index in [-0.39, 0.29) is 0 Å². The lowest BCUT2D eigenvalue weighted by Gasteiger charge is -2.26. The Balaban J connectivity index is 1.45. The number of benzene rings is 6. The van der Waals surface area contributed by atoms with Gasteiger partial charge in [0.15, 0.2) is 0 Å². The molecule has 0 unspecified atom stereocenters. The summed E-state index contributed by atoms with van der Waals surface area (Å²) in [7, 11) is 0. The normalized spacial score (nSPS) is 11.1. The minimum Gasteiger partial charge on any atom is -0.341 e. The number of rotatable bonds is 7. The van der Waals surface area contributed by atoms with Crippen LogP contribution in [0, 0.1) is 0 Å². The van der Waals surface area contributed by atoms with E-state index in [1.807, 2.05) is 0 Å².